The topological polar surface area (TPSA) is 59.1 Å². The number of Topliss-reactive ketones (excluding diaryl/α,β-unsaturated/α-hetero) is 1. The molecule has 0 saturated carbocycles. The first-order valence-corrected chi connectivity index (χ1v) is 10.5. The molecule has 2 atom stereocenters. The summed E-state index contributed by atoms with van der Waals surface area (Å²) in [6.45, 7) is 1.67. The number of carbonyl (C=O) groups is 2. The molecule has 0 radical (unpaired) electrons. The molecule has 0 amide bonds. The fraction of sp³-hybridized carbons (Fsp3) is 0.231. The molecule has 162 valence electrons. The molecule has 2 aromatic rings. The van der Waals surface area contributed by atoms with Gasteiger partial charge in [0.05, 0.1) is 11.8 Å². The van der Waals surface area contributed by atoms with E-state index in [2.05, 4.69) is 47.4 Å². The number of nitrogens with zero attached hydrogens (tertiary/aromatic N) is 2. The van der Waals surface area contributed by atoms with Crippen molar-refractivity contribution in [2.24, 2.45) is 0 Å². The first-order valence-electron chi connectivity index (χ1n) is 10.5. The minimum Gasteiger partial charge on any atom is -0.458 e. The number of allylic oxidation sites excluding steroid dienone is 1. The van der Waals surface area contributed by atoms with Crippen LogP contribution in [0.4, 0.5) is 11.4 Å². The van der Waals surface area contributed by atoms with Crippen molar-refractivity contribution in [2.45, 2.75) is 19.3 Å². The van der Waals surface area contributed by atoms with Gasteiger partial charge < -0.3 is 19.3 Å². The summed E-state index contributed by atoms with van der Waals surface area (Å²) in [6.07, 6.45) is 4.09. The Morgan fingerprint density at radius 1 is 1.06 bits per heavy atom. The summed E-state index contributed by atoms with van der Waals surface area (Å²) >= 11 is 0. The molecule has 0 bridgehead atoms. The molecule has 0 fully saturated rings. The molecule has 6 heteroatoms. The summed E-state index contributed by atoms with van der Waals surface area (Å²) in [6, 6.07) is 14.4. The predicted molar refractivity (Wildman–Crippen MR) is 124 cm³/mol. The maximum atomic E-state index is 13.1. The fourth-order valence-electron chi connectivity index (χ4n) is 4.38. The van der Waals surface area contributed by atoms with Crippen LogP contribution in [0.25, 0.3) is 16.7 Å². The van der Waals surface area contributed by atoms with Crippen LogP contribution in [-0.4, -0.2) is 45.2 Å². The number of ether oxygens (including phenoxy) is 2. The van der Waals surface area contributed by atoms with Gasteiger partial charge in [0, 0.05) is 49.7 Å². The number of esters is 1. The zero-order chi connectivity index (χ0) is 22.6. The average Bonchev–Trinajstić information content (AvgIpc) is 3.38. The van der Waals surface area contributed by atoms with Gasteiger partial charge in [-0.15, -0.1) is 0 Å². The first-order chi connectivity index (χ1) is 15.3. The van der Waals surface area contributed by atoms with Crippen LogP contribution in [0.3, 0.4) is 0 Å². The molecule has 0 N–H and O–H groups in total. The van der Waals surface area contributed by atoms with E-state index in [-0.39, 0.29) is 11.8 Å². The molecule has 2 aromatic carbocycles. The monoisotopic (exact) mass is 428 g/mol. The number of fused-ring (bicyclic) bond motifs is 3. The van der Waals surface area contributed by atoms with Gasteiger partial charge in [0.1, 0.15) is 6.04 Å². The maximum absolute atomic E-state index is 13.1. The Labute approximate surface area is 187 Å². The van der Waals surface area contributed by atoms with E-state index in [0.717, 1.165) is 33.6 Å². The van der Waals surface area contributed by atoms with Crippen molar-refractivity contribution in [3.63, 3.8) is 0 Å². The molecule has 0 saturated heterocycles. The molecule has 1 aliphatic carbocycles. The summed E-state index contributed by atoms with van der Waals surface area (Å²) in [4.78, 5) is 28.7. The Bertz CT molecular complexity index is 1220. The molecule has 0 aromatic heterocycles. The van der Waals surface area contributed by atoms with Crippen LogP contribution in [-0.2, 0) is 19.1 Å². The summed E-state index contributed by atoms with van der Waals surface area (Å²) in [5, 5.41) is 0. The minimum absolute atomic E-state index is 0.0272. The number of anilines is 2. The van der Waals surface area contributed by atoms with Crippen LogP contribution in [0.15, 0.2) is 72.0 Å². The van der Waals surface area contributed by atoms with Gasteiger partial charge in [-0.2, -0.15) is 0 Å². The third kappa shape index (κ3) is 3.19. The van der Waals surface area contributed by atoms with Gasteiger partial charge in [-0.3, -0.25) is 4.79 Å². The van der Waals surface area contributed by atoms with Crippen LogP contribution in [0.2, 0.25) is 0 Å². The van der Waals surface area contributed by atoms with E-state index >= 15 is 0 Å². The van der Waals surface area contributed by atoms with Gasteiger partial charge in [-0.1, -0.05) is 18.2 Å². The van der Waals surface area contributed by atoms with Crippen LogP contribution < -0.4 is 9.80 Å². The molecule has 2 heterocycles. The Hall–Kier alpha value is -3.80. The largest absolute Gasteiger partial charge is 0.458 e. The molecule has 2 aliphatic heterocycles. The summed E-state index contributed by atoms with van der Waals surface area (Å²) in [7, 11) is 5.97. The quantitative estimate of drug-likeness (QED) is 0.418. The number of benzene rings is 2. The third-order valence-electron chi connectivity index (χ3n) is 6.19. The van der Waals surface area contributed by atoms with Crippen molar-refractivity contribution >= 4 is 28.7 Å². The van der Waals surface area contributed by atoms with Crippen LogP contribution >= 0.6 is 0 Å². The molecule has 0 spiro atoms. The van der Waals surface area contributed by atoms with E-state index < -0.39 is 12.3 Å². The first kappa shape index (κ1) is 20.1. The van der Waals surface area contributed by atoms with Crippen LogP contribution in [0, 0.1) is 0 Å². The highest BCUT2D eigenvalue weighted by Crippen LogP contribution is 2.46. The number of hydrogen-bond acceptors (Lipinski definition) is 6. The number of ketones is 1. The second-order valence-corrected chi connectivity index (χ2v) is 8.48. The Morgan fingerprint density at radius 3 is 2.44 bits per heavy atom. The summed E-state index contributed by atoms with van der Waals surface area (Å²) in [5.41, 5.74) is 7.38. The standard InChI is InChI=1S/C26H24N2O4/c1-15-11-23(32-26(15)30)31-14-18-13-21-20-12-17(16-5-8-19(9-6-16)27(2)3)7-10-22(20)28(4)24(21)25(18)29/h5-14,23-24H,1-4H3/b18-14+. The number of cyclic esters (lactones) is 1. The molecule has 3 aliphatic rings. The van der Waals surface area contributed by atoms with Gasteiger partial charge in [-0.05, 0) is 54.0 Å². The zero-order valence-corrected chi connectivity index (χ0v) is 18.5. The van der Waals surface area contributed by atoms with E-state index in [9.17, 15) is 9.59 Å². The fourth-order valence-corrected chi connectivity index (χ4v) is 4.38. The lowest BCUT2D eigenvalue weighted by atomic mass is 9.98. The van der Waals surface area contributed by atoms with Gasteiger partial charge in [0.2, 0.25) is 0 Å². The maximum Gasteiger partial charge on any atom is 0.336 e. The third-order valence-corrected chi connectivity index (χ3v) is 6.19. The molecule has 32 heavy (non-hydrogen) atoms. The van der Waals surface area contributed by atoms with Crippen LogP contribution in [0.5, 0.6) is 0 Å². The lowest BCUT2D eigenvalue weighted by Crippen LogP contribution is -2.32. The normalized spacial score (nSPS) is 22.5. The van der Waals surface area contributed by atoms with Gasteiger partial charge >= 0.3 is 5.97 Å². The number of likely N-dealkylation sites (N-methyl/N-ethyl adjacent to an activating group) is 1. The summed E-state index contributed by atoms with van der Waals surface area (Å²) in [5.74, 6) is -0.429. The molecule has 2 unspecified atom stereocenters. The minimum atomic E-state index is -0.789. The smallest absolute Gasteiger partial charge is 0.336 e. The van der Waals surface area contributed by atoms with Crippen molar-refractivity contribution in [3.05, 3.63) is 77.6 Å². The SMILES string of the molecule is CC1=CC(O/C=C2\C=C3c4cc(-c5ccc(N(C)C)cc5)ccc4N(C)C3C2=O)OC1=O. The predicted octanol–water partition coefficient (Wildman–Crippen LogP) is 3.93. The number of carbonyl (C=O) groups excluding carboxylic acids is 2. The Morgan fingerprint density at radius 2 is 1.78 bits per heavy atom. The second-order valence-electron chi connectivity index (χ2n) is 8.48. The highest BCUT2D eigenvalue weighted by molar-refractivity contribution is 6.20. The number of hydrogen-bond donors (Lipinski definition) is 0. The van der Waals surface area contributed by atoms with Crippen molar-refractivity contribution in [3.8, 4) is 11.1 Å². The molecule has 6 nitrogen and oxygen atoms in total. The van der Waals surface area contributed by atoms with Gasteiger partial charge in [0.25, 0.3) is 6.29 Å². The van der Waals surface area contributed by atoms with Crippen molar-refractivity contribution in [1.29, 1.82) is 0 Å². The zero-order valence-electron chi connectivity index (χ0n) is 18.5. The van der Waals surface area contributed by atoms with Crippen LogP contribution in [0.1, 0.15) is 12.5 Å². The van der Waals surface area contributed by atoms with Gasteiger partial charge in [-0.25, -0.2) is 4.79 Å². The highest BCUT2D eigenvalue weighted by Gasteiger charge is 2.42. The summed E-state index contributed by atoms with van der Waals surface area (Å²) < 4.78 is 10.6. The van der Waals surface area contributed by atoms with E-state index in [0.29, 0.717) is 11.1 Å². The van der Waals surface area contributed by atoms with Crippen molar-refractivity contribution in [1.82, 2.24) is 0 Å². The second kappa shape index (κ2) is 7.41. The average molecular weight is 428 g/mol. The van der Waals surface area contributed by atoms with Crippen molar-refractivity contribution in [2.75, 3.05) is 30.9 Å². The van der Waals surface area contributed by atoms with E-state index in [4.69, 9.17) is 9.47 Å². The number of rotatable bonds is 4. The molecular weight excluding hydrogens is 404 g/mol. The van der Waals surface area contributed by atoms with Gasteiger partial charge in [0.15, 0.2) is 5.78 Å². The lowest BCUT2D eigenvalue weighted by Gasteiger charge is -2.19. The van der Waals surface area contributed by atoms with E-state index in [1.165, 1.54) is 6.26 Å². The molecule has 5 rings (SSSR count). The van der Waals surface area contributed by atoms with E-state index in [1.807, 2.05) is 32.1 Å². The Balaban J connectivity index is 1.45. The van der Waals surface area contributed by atoms with E-state index in [1.54, 1.807) is 13.0 Å². The molecular formula is C26H24N2O4. The lowest BCUT2D eigenvalue weighted by molar-refractivity contribution is -0.152. The van der Waals surface area contributed by atoms with Crippen molar-refractivity contribution < 1.29 is 19.1 Å². The highest BCUT2D eigenvalue weighted by atomic mass is 16.7. The Kier molecular flexibility index (Phi) is 4.66.